The van der Waals surface area contributed by atoms with Gasteiger partial charge in [0.2, 0.25) is 0 Å². The summed E-state index contributed by atoms with van der Waals surface area (Å²) < 4.78 is 0. The quantitative estimate of drug-likeness (QED) is 0.605. The van der Waals surface area contributed by atoms with Gasteiger partial charge in [0.05, 0.1) is 0 Å². The van der Waals surface area contributed by atoms with Gasteiger partial charge in [0, 0.05) is 25.6 Å². The van der Waals surface area contributed by atoms with E-state index in [1.807, 2.05) is 13.8 Å². The van der Waals surface area contributed by atoms with Crippen molar-refractivity contribution in [1.29, 1.82) is 0 Å². The Balaban J connectivity index is 2.05. The molecule has 6 nitrogen and oxygen atoms in total. The molecule has 2 amide bonds. The Bertz CT molecular complexity index is 330. The Kier molecular flexibility index (Phi) is 8.12. The van der Waals surface area contributed by atoms with Crippen LogP contribution in [0.3, 0.4) is 0 Å². The molecule has 122 valence electrons. The first-order chi connectivity index (χ1) is 9.97. The second-order valence-electron chi connectivity index (χ2n) is 6.14. The molecule has 21 heavy (non-hydrogen) atoms. The lowest BCUT2D eigenvalue weighted by Gasteiger charge is -2.21. The second-order valence-corrected chi connectivity index (χ2v) is 6.14. The number of carboxylic acid groups (broad SMARTS) is 1. The topological polar surface area (TPSA) is 81.7 Å². The lowest BCUT2D eigenvalue weighted by atomic mass is 10.0. The van der Waals surface area contributed by atoms with Crippen LogP contribution in [0.5, 0.6) is 0 Å². The van der Waals surface area contributed by atoms with Crippen LogP contribution in [0.1, 0.15) is 46.0 Å². The average Bonchev–Trinajstić information content (AvgIpc) is 2.88. The normalized spacial score (nSPS) is 18.2. The summed E-state index contributed by atoms with van der Waals surface area (Å²) in [6, 6.07) is 0.0136. The summed E-state index contributed by atoms with van der Waals surface area (Å²) >= 11 is 0. The number of carbonyl (C=O) groups is 2. The summed E-state index contributed by atoms with van der Waals surface area (Å²) in [5.41, 5.74) is 0. The maximum absolute atomic E-state index is 11.7. The largest absolute Gasteiger partial charge is 0.481 e. The van der Waals surface area contributed by atoms with Crippen molar-refractivity contribution < 1.29 is 14.7 Å². The fourth-order valence-electron chi connectivity index (χ4n) is 2.62. The summed E-state index contributed by atoms with van der Waals surface area (Å²) in [4.78, 5) is 24.6. The monoisotopic (exact) mass is 299 g/mol. The maximum Gasteiger partial charge on any atom is 0.315 e. The van der Waals surface area contributed by atoms with E-state index >= 15 is 0 Å². The fourth-order valence-corrected chi connectivity index (χ4v) is 2.62. The summed E-state index contributed by atoms with van der Waals surface area (Å²) in [5, 5.41) is 14.4. The summed E-state index contributed by atoms with van der Waals surface area (Å²) in [6.07, 6.45) is 4.17. The number of amides is 2. The van der Waals surface area contributed by atoms with Crippen molar-refractivity contribution in [2.75, 3.05) is 26.2 Å². The van der Waals surface area contributed by atoms with E-state index in [4.69, 9.17) is 5.11 Å². The minimum atomic E-state index is -0.761. The van der Waals surface area contributed by atoms with Crippen molar-refractivity contribution >= 4 is 12.0 Å². The smallest absolute Gasteiger partial charge is 0.315 e. The lowest BCUT2D eigenvalue weighted by molar-refractivity contribution is -0.137. The Morgan fingerprint density at radius 1 is 1.19 bits per heavy atom. The van der Waals surface area contributed by atoms with E-state index in [1.54, 1.807) is 0 Å². The zero-order valence-electron chi connectivity index (χ0n) is 13.2. The number of aliphatic carboxylic acids is 1. The van der Waals surface area contributed by atoms with Crippen LogP contribution < -0.4 is 10.6 Å². The highest BCUT2D eigenvalue weighted by Gasteiger charge is 2.15. The molecule has 0 spiro atoms. The minimum absolute atomic E-state index is 0.132. The van der Waals surface area contributed by atoms with E-state index in [0.29, 0.717) is 18.9 Å². The highest BCUT2D eigenvalue weighted by Crippen LogP contribution is 2.09. The molecule has 0 aromatic rings. The molecular weight excluding hydrogens is 270 g/mol. The van der Waals surface area contributed by atoms with Gasteiger partial charge in [-0.2, -0.15) is 0 Å². The van der Waals surface area contributed by atoms with E-state index in [0.717, 1.165) is 26.1 Å². The third kappa shape index (κ3) is 8.55. The van der Waals surface area contributed by atoms with Gasteiger partial charge in [0.25, 0.3) is 0 Å². The summed E-state index contributed by atoms with van der Waals surface area (Å²) in [5.74, 6) is -0.452. The first-order valence-electron chi connectivity index (χ1n) is 7.96. The molecule has 1 rings (SSSR count). The lowest BCUT2D eigenvalue weighted by Crippen LogP contribution is -2.46. The van der Waals surface area contributed by atoms with E-state index in [2.05, 4.69) is 15.5 Å². The number of carboxylic acids is 1. The van der Waals surface area contributed by atoms with Crippen molar-refractivity contribution in [2.24, 2.45) is 5.92 Å². The molecule has 3 N–H and O–H groups in total. The molecule has 2 unspecified atom stereocenters. The maximum atomic E-state index is 11.7. The van der Waals surface area contributed by atoms with Gasteiger partial charge in [0.15, 0.2) is 0 Å². The molecule has 1 aliphatic heterocycles. The number of likely N-dealkylation sites (tertiary alicyclic amines) is 1. The number of nitrogens with one attached hydrogen (secondary N) is 2. The Morgan fingerprint density at radius 2 is 1.86 bits per heavy atom. The molecule has 1 aliphatic rings. The van der Waals surface area contributed by atoms with Gasteiger partial charge in [-0.1, -0.05) is 6.92 Å². The van der Waals surface area contributed by atoms with Crippen molar-refractivity contribution in [2.45, 2.75) is 52.0 Å². The van der Waals surface area contributed by atoms with Crippen molar-refractivity contribution in [3.63, 3.8) is 0 Å². The van der Waals surface area contributed by atoms with Crippen LogP contribution in [-0.4, -0.2) is 54.2 Å². The number of hydrogen-bond donors (Lipinski definition) is 3. The van der Waals surface area contributed by atoms with Crippen LogP contribution in [0.15, 0.2) is 0 Å². The molecule has 1 fully saturated rings. The number of rotatable bonds is 9. The predicted molar refractivity (Wildman–Crippen MR) is 82.3 cm³/mol. The van der Waals surface area contributed by atoms with E-state index in [-0.39, 0.29) is 18.5 Å². The first-order valence-corrected chi connectivity index (χ1v) is 7.96. The van der Waals surface area contributed by atoms with Gasteiger partial charge in [-0.15, -0.1) is 0 Å². The number of carbonyl (C=O) groups excluding carboxylic acids is 1. The number of urea groups is 1. The van der Waals surface area contributed by atoms with Crippen LogP contribution in [-0.2, 0) is 4.79 Å². The molecular formula is C15H29N3O3. The van der Waals surface area contributed by atoms with Gasteiger partial charge >= 0.3 is 12.0 Å². The summed E-state index contributed by atoms with van der Waals surface area (Å²) in [6.45, 7) is 7.79. The van der Waals surface area contributed by atoms with E-state index in [1.165, 1.54) is 12.8 Å². The van der Waals surface area contributed by atoms with Gasteiger partial charge in [0.1, 0.15) is 0 Å². The Morgan fingerprint density at radius 3 is 2.48 bits per heavy atom. The highest BCUT2D eigenvalue weighted by atomic mass is 16.4. The zero-order valence-corrected chi connectivity index (χ0v) is 13.2. The van der Waals surface area contributed by atoms with E-state index < -0.39 is 5.97 Å². The summed E-state index contributed by atoms with van der Waals surface area (Å²) in [7, 11) is 0. The molecule has 0 saturated carbocycles. The van der Waals surface area contributed by atoms with Crippen molar-refractivity contribution in [3.05, 3.63) is 0 Å². The van der Waals surface area contributed by atoms with Crippen molar-refractivity contribution in [1.82, 2.24) is 15.5 Å². The van der Waals surface area contributed by atoms with Crippen LogP contribution in [0.2, 0.25) is 0 Å². The third-order valence-electron chi connectivity index (χ3n) is 3.88. The molecule has 1 saturated heterocycles. The van der Waals surface area contributed by atoms with Gasteiger partial charge < -0.3 is 20.6 Å². The van der Waals surface area contributed by atoms with Crippen LogP contribution >= 0.6 is 0 Å². The Labute approximate surface area is 127 Å². The standard InChI is InChI=1S/C15H29N3O3/c1-12(5-6-14(19)20)7-8-16-15(21)17-13(2)11-18-9-3-4-10-18/h12-13H,3-11H2,1-2H3,(H,19,20)(H2,16,17,21). The van der Waals surface area contributed by atoms with Crippen LogP contribution in [0.25, 0.3) is 0 Å². The zero-order chi connectivity index (χ0) is 15.7. The molecule has 0 bridgehead atoms. The molecule has 6 heteroatoms. The molecule has 0 aromatic heterocycles. The Hall–Kier alpha value is -1.30. The first kappa shape index (κ1) is 17.8. The van der Waals surface area contributed by atoms with Crippen LogP contribution in [0, 0.1) is 5.92 Å². The third-order valence-corrected chi connectivity index (χ3v) is 3.88. The second kappa shape index (κ2) is 9.60. The van der Waals surface area contributed by atoms with Crippen LogP contribution in [0.4, 0.5) is 4.79 Å². The predicted octanol–water partition coefficient (Wildman–Crippen LogP) is 1.66. The van der Waals surface area contributed by atoms with Gasteiger partial charge in [-0.3, -0.25) is 4.79 Å². The van der Waals surface area contributed by atoms with Crippen molar-refractivity contribution in [3.8, 4) is 0 Å². The van der Waals surface area contributed by atoms with Gasteiger partial charge in [-0.25, -0.2) is 4.79 Å². The highest BCUT2D eigenvalue weighted by molar-refractivity contribution is 5.74. The molecule has 0 aliphatic carbocycles. The minimum Gasteiger partial charge on any atom is -0.481 e. The molecule has 0 aromatic carbocycles. The van der Waals surface area contributed by atoms with E-state index in [9.17, 15) is 9.59 Å². The fraction of sp³-hybridized carbons (Fsp3) is 0.867. The van der Waals surface area contributed by atoms with Gasteiger partial charge in [-0.05, 0) is 51.6 Å². The molecule has 2 atom stereocenters. The molecule has 0 radical (unpaired) electrons. The SMILES string of the molecule is CC(CCNC(=O)NC(C)CN1CCCC1)CCC(=O)O. The average molecular weight is 299 g/mol. The molecule has 1 heterocycles. The number of nitrogens with zero attached hydrogens (tertiary/aromatic N) is 1. The number of hydrogen-bond acceptors (Lipinski definition) is 3.